The second-order valence-corrected chi connectivity index (χ2v) is 8.46. The van der Waals surface area contributed by atoms with Gasteiger partial charge in [0.05, 0.1) is 17.7 Å². The molecule has 0 aliphatic carbocycles. The lowest BCUT2D eigenvalue weighted by atomic mass is 10.1. The molecule has 2 aromatic rings. The Morgan fingerprint density at radius 2 is 1.89 bits per heavy atom. The van der Waals surface area contributed by atoms with Gasteiger partial charge in [0.25, 0.3) is 15.9 Å². The summed E-state index contributed by atoms with van der Waals surface area (Å²) in [7, 11) is -0.815. The molecule has 0 spiro atoms. The third-order valence-corrected chi connectivity index (χ3v) is 5.86. The summed E-state index contributed by atoms with van der Waals surface area (Å²) in [5.74, 6) is 0.721. The van der Waals surface area contributed by atoms with E-state index in [2.05, 4.69) is 24.1 Å². The van der Waals surface area contributed by atoms with Gasteiger partial charge in [0.1, 0.15) is 11.4 Å². The predicted molar refractivity (Wildman–Crippen MR) is 105 cm³/mol. The summed E-state index contributed by atoms with van der Waals surface area (Å²) in [5.41, 5.74) is 0.530. The van der Waals surface area contributed by atoms with Crippen molar-refractivity contribution in [3.8, 4) is 5.75 Å². The predicted octanol–water partition coefficient (Wildman–Crippen LogP) is 2.69. The third-order valence-electron chi connectivity index (χ3n) is 4.06. The Hall–Kier alpha value is -2.61. The smallest absolute Gasteiger partial charge is 0.269 e. The molecule has 1 aromatic carbocycles. The number of anilines is 1. The number of amides is 1. The molecule has 1 heterocycles. The van der Waals surface area contributed by atoms with Gasteiger partial charge in [-0.1, -0.05) is 13.8 Å². The molecule has 0 bridgehead atoms. The second-order valence-electron chi connectivity index (χ2n) is 6.49. The van der Waals surface area contributed by atoms with Crippen LogP contribution in [0, 0.1) is 5.92 Å². The van der Waals surface area contributed by atoms with Gasteiger partial charge in [0, 0.05) is 19.8 Å². The third kappa shape index (κ3) is 5.19. The number of rotatable bonds is 8. The summed E-state index contributed by atoms with van der Waals surface area (Å²) < 4.78 is 31.8. The van der Waals surface area contributed by atoms with Crippen molar-refractivity contribution in [3.63, 3.8) is 0 Å². The summed E-state index contributed by atoms with van der Waals surface area (Å²) in [5, 5.41) is 2.80. The van der Waals surface area contributed by atoms with Gasteiger partial charge in [0.15, 0.2) is 0 Å². The van der Waals surface area contributed by atoms with Crippen LogP contribution in [0.5, 0.6) is 5.75 Å². The normalized spacial score (nSPS) is 11.3. The Labute approximate surface area is 160 Å². The van der Waals surface area contributed by atoms with Crippen molar-refractivity contribution in [2.24, 2.45) is 5.92 Å². The van der Waals surface area contributed by atoms with Gasteiger partial charge in [-0.2, -0.15) is 0 Å². The van der Waals surface area contributed by atoms with Crippen LogP contribution >= 0.6 is 0 Å². The largest absolute Gasteiger partial charge is 0.497 e. The summed E-state index contributed by atoms with van der Waals surface area (Å²) >= 11 is 0. The monoisotopic (exact) mass is 391 g/mol. The van der Waals surface area contributed by atoms with Gasteiger partial charge in [-0.25, -0.2) is 8.42 Å². The van der Waals surface area contributed by atoms with Gasteiger partial charge in [-0.3, -0.25) is 14.1 Å². The number of sulfonamides is 1. The maximum absolute atomic E-state index is 12.8. The van der Waals surface area contributed by atoms with E-state index >= 15 is 0 Å². The van der Waals surface area contributed by atoms with Gasteiger partial charge in [-0.05, 0) is 48.7 Å². The average molecular weight is 391 g/mol. The van der Waals surface area contributed by atoms with Crippen LogP contribution in [0.25, 0.3) is 0 Å². The van der Waals surface area contributed by atoms with Gasteiger partial charge in [-0.15, -0.1) is 0 Å². The van der Waals surface area contributed by atoms with Crippen molar-refractivity contribution in [1.29, 1.82) is 0 Å². The Balaban J connectivity index is 2.20. The molecule has 146 valence electrons. The van der Waals surface area contributed by atoms with Gasteiger partial charge in [0.2, 0.25) is 0 Å². The first kappa shape index (κ1) is 20.7. The van der Waals surface area contributed by atoms with E-state index < -0.39 is 10.0 Å². The van der Waals surface area contributed by atoms with E-state index in [0.717, 1.165) is 10.7 Å². The molecule has 0 aliphatic rings. The van der Waals surface area contributed by atoms with E-state index in [1.807, 2.05) is 0 Å². The highest BCUT2D eigenvalue weighted by molar-refractivity contribution is 7.92. The zero-order valence-electron chi connectivity index (χ0n) is 16.0. The summed E-state index contributed by atoms with van der Waals surface area (Å²) in [6.07, 6.45) is 2.28. The molecule has 0 aliphatic heterocycles. The van der Waals surface area contributed by atoms with Crippen LogP contribution < -0.4 is 14.4 Å². The number of carbonyl (C=O) groups excluding carboxylic acids is 1. The van der Waals surface area contributed by atoms with Gasteiger partial charge < -0.3 is 10.1 Å². The number of hydrogen-bond acceptors (Lipinski definition) is 5. The van der Waals surface area contributed by atoms with E-state index in [-0.39, 0.29) is 16.5 Å². The number of nitrogens with one attached hydrogen (secondary N) is 1. The van der Waals surface area contributed by atoms with Crippen molar-refractivity contribution in [2.75, 3.05) is 25.0 Å². The minimum absolute atomic E-state index is 0.130. The molecule has 0 saturated heterocycles. The van der Waals surface area contributed by atoms with Crippen LogP contribution in [0.1, 0.15) is 30.8 Å². The average Bonchev–Trinajstić information content (AvgIpc) is 2.67. The number of aromatic nitrogens is 1. The maximum Gasteiger partial charge on any atom is 0.269 e. The molecule has 0 saturated carbocycles. The minimum atomic E-state index is -3.77. The Morgan fingerprint density at radius 1 is 1.22 bits per heavy atom. The summed E-state index contributed by atoms with van der Waals surface area (Å²) in [6.45, 7) is 4.69. The summed E-state index contributed by atoms with van der Waals surface area (Å²) in [6, 6.07) is 9.14. The molecular formula is C19H25N3O4S. The van der Waals surface area contributed by atoms with Crippen LogP contribution in [0.4, 0.5) is 5.69 Å². The molecule has 1 N–H and O–H groups in total. The van der Waals surface area contributed by atoms with E-state index in [1.54, 1.807) is 18.2 Å². The van der Waals surface area contributed by atoms with Crippen molar-refractivity contribution in [3.05, 3.63) is 48.3 Å². The first-order valence-corrected chi connectivity index (χ1v) is 10.1. The van der Waals surface area contributed by atoms with Gasteiger partial charge >= 0.3 is 0 Å². The highest BCUT2D eigenvalue weighted by Gasteiger charge is 2.22. The van der Waals surface area contributed by atoms with Crippen molar-refractivity contribution in [1.82, 2.24) is 10.3 Å². The molecule has 1 aromatic heterocycles. The van der Waals surface area contributed by atoms with Crippen LogP contribution in [0.2, 0.25) is 0 Å². The zero-order valence-corrected chi connectivity index (χ0v) is 16.8. The fraction of sp³-hybridized carbons (Fsp3) is 0.368. The molecule has 0 atom stereocenters. The number of ether oxygens (including phenoxy) is 1. The quantitative estimate of drug-likeness (QED) is 0.747. The van der Waals surface area contributed by atoms with Crippen LogP contribution in [-0.4, -0.2) is 40.0 Å². The standard InChI is InChI=1S/C19H25N3O4S/c1-14(2)9-11-21-19(23)18-13-15(10-12-20-18)22(3)27(24,25)17-7-5-16(26-4)6-8-17/h5-8,10,12-14H,9,11H2,1-4H3,(H,21,23). The van der Waals surface area contributed by atoms with Crippen LogP contribution in [-0.2, 0) is 10.0 Å². The van der Waals surface area contributed by atoms with E-state index in [1.165, 1.54) is 38.6 Å². The first-order valence-electron chi connectivity index (χ1n) is 8.63. The zero-order chi connectivity index (χ0) is 20.0. The number of nitrogens with zero attached hydrogens (tertiary/aromatic N) is 2. The number of methoxy groups -OCH3 is 1. The number of hydrogen-bond donors (Lipinski definition) is 1. The molecule has 1 amide bonds. The molecule has 0 radical (unpaired) electrons. The molecule has 0 unspecified atom stereocenters. The Morgan fingerprint density at radius 3 is 2.48 bits per heavy atom. The molecule has 27 heavy (non-hydrogen) atoms. The van der Waals surface area contributed by atoms with E-state index in [4.69, 9.17) is 4.74 Å². The van der Waals surface area contributed by atoms with E-state index in [9.17, 15) is 13.2 Å². The Bertz CT molecular complexity index is 880. The number of benzene rings is 1. The maximum atomic E-state index is 12.8. The SMILES string of the molecule is COc1ccc(S(=O)(=O)N(C)c2ccnc(C(=O)NCCC(C)C)c2)cc1. The fourth-order valence-corrected chi connectivity index (χ4v) is 3.54. The topological polar surface area (TPSA) is 88.6 Å². The molecule has 7 nitrogen and oxygen atoms in total. The van der Waals surface area contributed by atoms with Crippen LogP contribution in [0.3, 0.4) is 0 Å². The lowest BCUT2D eigenvalue weighted by Gasteiger charge is -2.20. The molecule has 2 rings (SSSR count). The molecular weight excluding hydrogens is 366 g/mol. The van der Waals surface area contributed by atoms with Crippen molar-refractivity contribution >= 4 is 21.6 Å². The lowest BCUT2D eigenvalue weighted by Crippen LogP contribution is -2.28. The van der Waals surface area contributed by atoms with Crippen molar-refractivity contribution in [2.45, 2.75) is 25.2 Å². The van der Waals surface area contributed by atoms with Crippen LogP contribution in [0.15, 0.2) is 47.5 Å². The molecule has 8 heteroatoms. The second kappa shape index (κ2) is 8.85. The lowest BCUT2D eigenvalue weighted by molar-refractivity contribution is 0.0947. The Kier molecular flexibility index (Phi) is 6.79. The van der Waals surface area contributed by atoms with E-state index in [0.29, 0.717) is 23.9 Å². The molecule has 0 fully saturated rings. The highest BCUT2D eigenvalue weighted by Crippen LogP contribution is 2.23. The number of carbonyl (C=O) groups is 1. The highest BCUT2D eigenvalue weighted by atomic mass is 32.2. The fourth-order valence-electron chi connectivity index (χ4n) is 2.35. The number of pyridine rings is 1. The minimum Gasteiger partial charge on any atom is -0.497 e. The van der Waals surface area contributed by atoms with Crippen molar-refractivity contribution < 1.29 is 17.9 Å². The summed E-state index contributed by atoms with van der Waals surface area (Å²) in [4.78, 5) is 16.4. The first-order chi connectivity index (χ1) is 12.8.